The van der Waals surface area contributed by atoms with Crippen LogP contribution in [0.3, 0.4) is 0 Å². The number of amides is 1. The lowest BCUT2D eigenvalue weighted by atomic mass is 9.98. The molecule has 4 nitrogen and oxygen atoms in total. The topological polar surface area (TPSA) is 46.6 Å². The number of hydrogen-bond donors (Lipinski definition) is 0. The van der Waals surface area contributed by atoms with Crippen LogP contribution >= 0.6 is 0 Å². The Morgan fingerprint density at radius 3 is 2.48 bits per heavy atom. The van der Waals surface area contributed by atoms with E-state index in [1.54, 1.807) is 11.8 Å². The molecule has 21 heavy (non-hydrogen) atoms. The molecule has 0 aromatic heterocycles. The third-order valence-corrected chi connectivity index (χ3v) is 3.59. The highest BCUT2D eigenvalue weighted by Gasteiger charge is 2.23. The lowest BCUT2D eigenvalue weighted by Crippen LogP contribution is -2.39. The van der Waals surface area contributed by atoms with Crippen molar-refractivity contribution in [3.05, 3.63) is 29.8 Å². The quantitative estimate of drug-likeness (QED) is 0.739. The Bertz CT molecular complexity index is 485. The number of anilines is 1. The Morgan fingerprint density at radius 1 is 1.29 bits per heavy atom. The summed E-state index contributed by atoms with van der Waals surface area (Å²) in [5.41, 5.74) is 1.86. The lowest BCUT2D eigenvalue weighted by Gasteiger charge is -2.27. The van der Waals surface area contributed by atoms with E-state index in [0.29, 0.717) is 6.54 Å². The van der Waals surface area contributed by atoms with E-state index in [1.165, 1.54) is 7.11 Å². The molecular formula is C17H25NO3. The fraction of sp³-hybridized carbons (Fsp3) is 0.529. The van der Waals surface area contributed by atoms with Crippen molar-refractivity contribution >= 4 is 17.4 Å². The number of carbonyl (C=O) groups is 2. The number of nitrogens with zero attached hydrogens (tertiary/aromatic N) is 1. The molecular weight excluding hydrogens is 266 g/mol. The summed E-state index contributed by atoms with van der Waals surface area (Å²) < 4.78 is 4.97. The largest absolute Gasteiger partial charge is 0.375 e. The van der Waals surface area contributed by atoms with Crippen LogP contribution in [0.15, 0.2) is 24.3 Å². The van der Waals surface area contributed by atoms with E-state index in [1.807, 2.05) is 38.1 Å². The number of carbonyl (C=O) groups excluding carboxylic acids is 2. The Kier molecular flexibility index (Phi) is 7.09. The minimum Gasteiger partial charge on any atom is -0.375 e. The van der Waals surface area contributed by atoms with Gasteiger partial charge in [0.2, 0.25) is 0 Å². The number of aryl methyl sites for hydroxylation is 1. The van der Waals surface area contributed by atoms with Crippen LogP contribution in [-0.4, -0.2) is 32.0 Å². The molecule has 0 spiro atoms. The zero-order valence-electron chi connectivity index (χ0n) is 13.4. The monoisotopic (exact) mass is 291 g/mol. The molecule has 0 aliphatic carbocycles. The average molecular weight is 291 g/mol. The van der Waals surface area contributed by atoms with Gasteiger partial charge in [0.15, 0.2) is 0 Å². The van der Waals surface area contributed by atoms with E-state index in [0.717, 1.165) is 24.1 Å². The molecule has 4 heteroatoms. The minimum atomic E-state index is -0.129. The first-order valence-corrected chi connectivity index (χ1v) is 7.36. The Balaban J connectivity index is 3.05. The van der Waals surface area contributed by atoms with E-state index in [4.69, 9.17) is 4.74 Å². The normalized spacial score (nSPS) is 12.0. The van der Waals surface area contributed by atoms with E-state index < -0.39 is 0 Å². The van der Waals surface area contributed by atoms with Crippen molar-refractivity contribution in [1.82, 2.24) is 0 Å². The third kappa shape index (κ3) is 4.97. The van der Waals surface area contributed by atoms with Crippen molar-refractivity contribution in [2.75, 3.05) is 25.2 Å². The molecule has 1 atom stereocenters. The van der Waals surface area contributed by atoms with Crippen LogP contribution < -0.4 is 4.90 Å². The van der Waals surface area contributed by atoms with Gasteiger partial charge in [0.25, 0.3) is 5.91 Å². The molecule has 0 heterocycles. The first kappa shape index (κ1) is 17.4. The molecule has 1 aromatic rings. The second kappa shape index (κ2) is 8.57. The molecule has 1 aromatic carbocycles. The van der Waals surface area contributed by atoms with Crippen molar-refractivity contribution in [2.24, 2.45) is 5.92 Å². The predicted molar refractivity (Wildman–Crippen MR) is 84.5 cm³/mol. The first-order chi connectivity index (χ1) is 10.0. The Hall–Kier alpha value is -1.68. The number of ether oxygens (including phenoxy) is 1. The summed E-state index contributed by atoms with van der Waals surface area (Å²) in [7, 11) is 1.50. The number of ketones is 1. The highest BCUT2D eigenvalue weighted by atomic mass is 16.5. The summed E-state index contributed by atoms with van der Waals surface area (Å²) in [6.45, 7) is 6.04. The van der Waals surface area contributed by atoms with Gasteiger partial charge in [-0.2, -0.15) is 0 Å². The van der Waals surface area contributed by atoms with Crippen LogP contribution in [0.4, 0.5) is 5.69 Å². The van der Waals surface area contributed by atoms with Gasteiger partial charge in [-0.3, -0.25) is 9.59 Å². The van der Waals surface area contributed by atoms with Crippen LogP contribution in [-0.2, 0) is 14.3 Å². The molecule has 0 fully saturated rings. The molecule has 1 rings (SSSR count). The average Bonchev–Trinajstić information content (AvgIpc) is 2.44. The molecule has 0 saturated carbocycles. The third-order valence-electron chi connectivity index (χ3n) is 3.59. The van der Waals surface area contributed by atoms with Gasteiger partial charge >= 0.3 is 0 Å². The Labute approximate surface area is 127 Å². The second-order valence-electron chi connectivity index (χ2n) is 5.32. The summed E-state index contributed by atoms with van der Waals surface area (Å²) in [4.78, 5) is 25.8. The van der Waals surface area contributed by atoms with E-state index >= 15 is 0 Å². The van der Waals surface area contributed by atoms with Crippen molar-refractivity contribution in [1.29, 1.82) is 0 Å². The SMILES string of the molecule is CCCC(CN(C(=O)COC)c1ccccc1C)C(C)=O. The number of Topliss-reactive ketones (excluding diaryl/α,β-unsaturated/α-hetero) is 1. The van der Waals surface area contributed by atoms with Crippen molar-refractivity contribution < 1.29 is 14.3 Å². The fourth-order valence-corrected chi connectivity index (χ4v) is 2.39. The standard InChI is InChI=1S/C17H25NO3/c1-5-8-15(14(3)19)11-18(17(20)12-21-4)16-10-7-6-9-13(16)2/h6-7,9-10,15H,5,8,11-12H2,1-4H3. The number of methoxy groups -OCH3 is 1. The predicted octanol–water partition coefficient (Wildman–Crippen LogP) is 2.98. The maximum Gasteiger partial charge on any atom is 0.252 e. The summed E-state index contributed by atoms with van der Waals surface area (Å²) in [6.07, 6.45) is 1.71. The van der Waals surface area contributed by atoms with Gasteiger partial charge in [0.05, 0.1) is 0 Å². The number of benzene rings is 1. The molecule has 0 aliphatic heterocycles. The highest BCUT2D eigenvalue weighted by Crippen LogP contribution is 2.22. The molecule has 1 unspecified atom stereocenters. The van der Waals surface area contributed by atoms with Crippen molar-refractivity contribution in [3.8, 4) is 0 Å². The van der Waals surface area contributed by atoms with Gasteiger partial charge in [-0.05, 0) is 31.9 Å². The smallest absolute Gasteiger partial charge is 0.252 e. The maximum absolute atomic E-state index is 12.3. The summed E-state index contributed by atoms with van der Waals surface area (Å²) >= 11 is 0. The van der Waals surface area contributed by atoms with Gasteiger partial charge in [0.1, 0.15) is 12.4 Å². The van der Waals surface area contributed by atoms with E-state index in [-0.39, 0.29) is 24.2 Å². The molecule has 0 radical (unpaired) electrons. The molecule has 1 amide bonds. The van der Waals surface area contributed by atoms with Gasteiger partial charge < -0.3 is 9.64 Å². The van der Waals surface area contributed by atoms with Crippen LogP contribution in [0.5, 0.6) is 0 Å². The summed E-state index contributed by atoms with van der Waals surface area (Å²) in [5, 5.41) is 0. The molecule has 0 aliphatic rings. The van der Waals surface area contributed by atoms with Gasteiger partial charge in [0, 0.05) is 25.3 Å². The second-order valence-corrected chi connectivity index (χ2v) is 5.32. The van der Waals surface area contributed by atoms with Gasteiger partial charge in [-0.25, -0.2) is 0 Å². The summed E-state index contributed by atoms with van der Waals surface area (Å²) in [6, 6.07) is 7.71. The zero-order valence-corrected chi connectivity index (χ0v) is 13.4. The number of hydrogen-bond acceptors (Lipinski definition) is 3. The van der Waals surface area contributed by atoms with E-state index in [2.05, 4.69) is 0 Å². The van der Waals surface area contributed by atoms with Crippen LogP contribution in [0.2, 0.25) is 0 Å². The maximum atomic E-state index is 12.3. The fourth-order valence-electron chi connectivity index (χ4n) is 2.39. The lowest BCUT2D eigenvalue weighted by molar-refractivity contribution is -0.123. The van der Waals surface area contributed by atoms with Crippen LogP contribution in [0.25, 0.3) is 0 Å². The minimum absolute atomic E-state index is 0.0189. The summed E-state index contributed by atoms with van der Waals surface area (Å²) in [5.74, 6) is -0.120. The van der Waals surface area contributed by atoms with Crippen molar-refractivity contribution in [2.45, 2.75) is 33.6 Å². The van der Waals surface area contributed by atoms with Crippen LogP contribution in [0.1, 0.15) is 32.3 Å². The molecule has 0 saturated heterocycles. The zero-order chi connectivity index (χ0) is 15.8. The first-order valence-electron chi connectivity index (χ1n) is 7.36. The molecule has 0 N–H and O–H groups in total. The molecule has 0 bridgehead atoms. The Morgan fingerprint density at radius 2 is 1.95 bits per heavy atom. The van der Waals surface area contributed by atoms with Crippen LogP contribution in [0, 0.1) is 12.8 Å². The number of rotatable bonds is 8. The van der Waals surface area contributed by atoms with E-state index in [9.17, 15) is 9.59 Å². The van der Waals surface area contributed by atoms with Gasteiger partial charge in [-0.1, -0.05) is 31.5 Å². The molecule has 116 valence electrons. The van der Waals surface area contributed by atoms with Gasteiger partial charge in [-0.15, -0.1) is 0 Å². The number of para-hydroxylation sites is 1. The van der Waals surface area contributed by atoms with Crippen molar-refractivity contribution in [3.63, 3.8) is 0 Å². The highest BCUT2D eigenvalue weighted by molar-refractivity contribution is 5.95.